The zero-order valence-corrected chi connectivity index (χ0v) is 17.6. The molecule has 0 bridgehead atoms. The summed E-state index contributed by atoms with van der Waals surface area (Å²) in [5, 5.41) is 19.9. The van der Waals surface area contributed by atoms with Crippen LogP contribution in [-0.2, 0) is 9.59 Å². The van der Waals surface area contributed by atoms with E-state index in [2.05, 4.69) is 48.3 Å². The fraction of sp³-hybridized carbons (Fsp3) is 0.636. The second-order valence-electron chi connectivity index (χ2n) is 9.12. The monoisotopic (exact) mass is 442 g/mol. The summed E-state index contributed by atoms with van der Waals surface area (Å²) >= 11 is 0. The molecule has 1 heterocycles. The molecule has 1 saturated heterocycles. The molecule has 2 aliphatic carbocycles. The van der Waals surface area contributed by atoms with Crippen LogP contribution < -0.4 is 5.32 Å². The zero-order valence-electron chi connectivity index (χ0n) is 17.6. The maximum Gasteiger partial charge on any atom is 0.490 e. The van der Waals surface area contributed by atoms with Crippen molar-refractivity contribution >= 4 is 11.9 Å². The van der Waals surface area contributed by atoms with Crippen LogP contribution in [0.4, 0.5) is 13.2 Å². The van der Waals surface area contributed by atoms with Crippen molar-refractivity contribution in [2.24, 2.45) is 17.8 Å². The van der Waals surface area contributed by atoms with Gasteiger partial charge in [-0.3, -0.25) is 4.79 Å². The summed E-state index contributed by atoms with van der Waals surface area (Å²) in [6, 6.07) is 8.76. The molecule has 6 nitrogen and oxygen atoms in total. The van der Waals surface area contributed by atoms with Gasteiger partial charge in [0.25, 0.3) is 0 Å². The van der Waals surface area contributed by atoms with E-state index in [-0.39, 0.29) is 24.0 Å². The van der Waals surface area contributed by atoms with Crippen LogP contribution in [0, 0.1) is 17.8 Å². The minimum Gasteiger partial charge on any atom is -0.475 e. The summed E-state index contributed by atoms with van der Waals surface area (Å²) in [5.74, 6) is -0.939. The summed E-state index contributed by atoms with van der Waals surface area (Å²) in [6.45, 7) is 7.83. The third-order valence-corrected chi connectivity index (χ3v) is 6.25. The van der Waals surface area contributed by atoms with Gasteiger partial charge in [0.2, 0.25) is 5.91 Å². The first-order valence-corrected chi connectivity index (χ1v) is 10.6. The van der Waals surface area contributed by atoms with Crippen molar-refractivity contribution in [1.82, 2.24) is 10.2 Å². The Balaban J connectivity index is 0.000000339. The van der Waals surface area contributed by atoms with Crippen molar-refractivity contribution in [1.29, 1.82) is 0 Å². The first-order chi connectivity index (χ1) is 14.5. The minimum absolute atomic E-state index is 0.000572. The van der Waals surface area contributed by atoms with Gasteiger partial charge in [0.05, 0.1) is 12.1 Å². The van der Waals surface area contributed by atoms with Gasteiger partial charge in [0.15, 0.2) is 0 Å². The molecule has 0 radical (unpaired) electrons. The van der Waals surface area contributed by atoms with Gasteiger partial charge in [-0.1, -0.05) is 38.1 Å². The molecule has 1 aromatic rings. The fourth-order valence-corrected chi connectivity index (χ4v) is 4.87. The van der Waals surface area contributed by atoms with E-state index in [1.165, 1.54) is 11.1 Å². The summed E-state index contributed by atoms with van der Waals surface area (Å²) in [6.07, 6.45) is -4.13. The van der Waals surface area contributed by atoms with Gasteiger partial charge in [-0.15, -0.1) is 0 Å². The normalized spacial score (nSPS) is 29.5. The van der Waals surface area contributed by atoms with Crippen LogP contribution in [0.5, 0.6) is 0 Å². The van der Waals surface area contributed by atoms with Gasteiger partial charge in [0, 0.05) is 37.4 Å². The molecule has 0 spiro atoms. The highest BCUT2D eigenvalue weighted by atomic mass is 19.4. The number of hydrogen-bond donors (Lipinski definition) is 3. The lowest BCUT2D eigenvalue weighted by Crippen LogP contribution is -2.43. The summed E-state index contributed by atoms with van der Waals surface area (Å²) in [4.78, 5) is 24.0. The molecular formula is C22H29F3N2O4. The van der Waals surface area contributed by atoms with E-state index in [9.17, 15) is 23.1 Å². The number of alkyl halides is 3. The Morgan fingerprint density at radius 3 is 2.26 bits per heavy atom. The number of likely N-dealkylation sites (tertiary alicyclic amines) is 1. The van der Waals surface area contributed by atoms with Crippen LogP contribution in [0.25, 0.3) is 0 Å². The number of hydrogen-bond acceptors (Lipinski definition) is 4. The van der Waals surface area contributed by atoms with Gasteiger partial charge >= 0.3 is 12.1 Å². The molecule has 3 N–H and O–H groups in total. The molecule has 2 fully saturated rings. The number of rotatable bonds is 4. The largest absolute Gasteiger partial charge is 0.490 e. The zero-order chi connectivity index (χ0) is 22.9. The van der Waals surface area contributed by atoms with Crippen LogP contribution in [0.2, 0.25) is 0 Å². The quantitative estimate of drug-likeness (QED) is 0.667. The van der Waals surface area contributed by atoms with Gasteiger partial charge in [-0.2, -0.15) is 13.2 Å². The Hall–Kier alpha value is -2.13. The number of amides is 1. The summed E-state index contributed by atoms with van der Waals surface area (Å²) < 4.78 is 31.7. The predicted octanol–water partition coefficient (Wildman–Crippen LogP) is 2.93. The number of aliphatic hydroxyl groups is 1. The van der Waals surface area contributed by atoms with Crippen molar-refractivity contribution in [3.05, 3.63) is 35.4 Å². The molecule has 3 atom stereocenters. The molecule has 3 aliphatic rings. The topological polar surface area (TPSA) is 89.9 Å². The van der Waals surface area contributed by atoms with E-state index < -0.39 is 12.1 Å². The first kappa shape index (κ1) is 23.5. The van der Waals surface area contributed by atoms with Gasteiger partial charge in [-0.25, -0.2) is 4.79 Å². The molecule has 1 saturated carbocycles. The molecule has 0 aromatic heterocycles. The number of nitrogens with one attached hydrogen (secondary N) is 1. The van der Waals surface area contributed by atoms with Gasteiger partial charge < -0.3 is 20.4 Å². The number of carbonyl (C=O) groups excluding carboxylic acids is 1. The van der Waals surface area contributed by atoms with E-state index in [1.54, 1.807) is 0 Å². The Labute approximate surface area is 179 Å². The number of aliphatic hydroxyl groups excluding tert-OH is 1. The average molecular weight is 442 g/mol. The van der Waals surface area contributed by atoms with Gasteiger partial charge in [0.1, 0.15) is 0 Å². The van der Waals surface area contributed by atoms with Crippen molar-refractivity contribution in [3.8, 4) is 0 Å². The predicted molar refractivity (Wildman–Crippen MR) is 107 cm³/mol. The highest BCUT2D eigenvalue weighted by Gasteiger charge is 2.47. The molecule has 9 heteroatoms. The van der Waals surface area contributed by atoms with Crippen LogP contribution in [0.3, 0.4) is 0 Å². The molecule has 0 unspecified atom stereocenters. The van der Waals surface area contributed by atoms with Gasteiger partial charge in [-0.05, 0) is 29.9 Å². The second kappa shape index (κ2) is 9.16. The third kappa shape index (κ3) is 5.38. The molecule has 1 aliphatic heterocycles. The molecule has 1 aromatic carbocycles. The van der Waals surface area contributed by atoms with Crippen molar-refractivity contribution in [2.75, 3.05) is 19.6 Å². The third-order valence-electron chi connectivity index (χ3n) is 6.25. The molecule has 4 rings (SSSR count). The van der Waals surface area contributed by atoms with E-state index in [0.717, 1.165) is 19.6 Å². The van der Waals surface area contributed by atoms with Crippen LogP contribution in [0.15, 0.2) is 24.3 Å². The van der Waals surface area contributed by atoms with Crippen LogP contribution >= 0.6 is 0 Å². The van der Waals surface area contributed by atoms with E-state index in [1.807, 2.05) is 0 Å². The lowest BCUT2D eigenvalue weighted by Gasteiger charge is -2.32. The number of fused-ring (bicyclic) bond motifs is 3. The van der Waals surface area contributed by atoms with Crippen molar-refractivity contribution < 1.29 is 33.0 Å². The SMILES string of the molecule is CC(C)CN1C[C@@H]2[C@H](NC(=O)C3CC(O)C3)c3ccccc3[C@@H]2C1.O=C(O)C(F)(F)F. The minimum atomic E-state index is -5.08. The van der Waals surface area contributed by atoms with E-state index in [4.69, 9.17) is 9.90 Å². The first-order valence-electron chi connectivity index (χ1n) is 10.6. The molecule has 1 amide bonds. The highest BCUT2D eigenvalue weighted by Crippen LogP contribution is 2.49. The fourth-order valence-electron chi connectivity index (χ4n) is 4.87. The average Bonchev–Trinajstić information content (AvgIpc) is 3.16. The van der Waals surface area contributed by atoms with E-state index in [0.29, 0.717) is 30.6 Å². The number of aliphatic carboxylic acids is 1. The number of carbonyl (C=O) groups is 2. The Morgan fingerprint density at radius 2 is 1.74 bits per heavy atom. The number of nitrogens with zero attached hydrogens (tertiary/aromatic N) is 1. The smallest absolute Gasteiger partial charge is 0.475 e. The Kier molecular flexibility index (Phi) is 6.95. The lowest BCUT2D eigenvalue weighted by atomic mass is 9.81. The molecule has 31 heavy (non-hydrogen) atoms. The summed E-state index contributed by atoms with van der Waals surface area (Å²) in [5.41, 5.74) is 2.73. The Bertz CT molecular complexity index is 808. The van der Waals surface area contributed by atoms with Crippen molar-refractivity contribution in [3.63, 3.8) is 0 Å². The van der Waals surface area contributed by atoms with Crippen LogP contribution in [0.1, 0.15) is 49.8 Å². The van der Waals surface area contributed by atoms with Crippen molar-refractivity contribution in [2.45, 2.75) is 50.9 Å². The lowest BCUT2D eigenvalue weighted by molar-refractivity contribution is -0.192. The number of carboxylic acids is 1. The highest BCUT2D eigenvalue weighted by molar-refractivity contribution is 5.80. The molecule has 172 valence electrons. The summed E-state index contributed by atoms with van der Waals surface area (Å²) in [7, 11) is 0. The number of halogens is 3. The number of benzene rings is 1. The standard InChI is InChI=1S/C20H28N2O2.C2HF3O2/c1-12(2)9-22-10-17-15-5-3-4-6-16(15)19(18(17)11-22)21-20(24)13-7-14(23)8-13;3-2(4,5)1(6)7/h3-6,12-14,17-19,23H,7-11H2,1-2H3,(H,21,24);(H,6,7)/t13?,14?,17-,18-,19+;/m0./s1. The second-order valence-corrected chi connectivity index (χ2v) is 9.12. The number of carboxylic acid groups (broad SMARTS) is 1. The maximum absolute atomic E-state index is 12.5. The maximum atomic E-state index is 12.5. The van der Waals surface area contributed by atoms with Crippen LogP contribution in [-0.4, -0.2) is 58.9 Å². The molecular weight excluding hydrogens is 413 g/mol. The van der Waals surface area contributed by atoms with E-state index >= 15 is 0 Å². The Morgan fingerprint density at radius 1 is 1.16 bits per heavy atom.